The summed E-state index contributed by atoms with van der Waals surface area (Å²) in [6.45, 7) is 1.13. The molecule has 0 bridgehead atoms. The van der Waals surface area contributed by atoms with Gasteiger partial charge in [0.2, 0.25) is 0 Å². The third kappa shape index (κ3) is 3.75. The minimum atomic E-state index is 0.143. The summed E-state index contributed by atoms with van der Waals surface area (Å²) >= 11 is 8.96. The van der Waals surface area contributed by atoms with Crippen molar-refractivity contribution in [1.29, 1.82) is 0 Å². The fourth-order valence-corrected chi connectivity index (χ4v) is 2.98. The van der Waals surface area contributed by atoms with Crippen molar-refractivity contribution in [1.82, 2.24) is 4.90 Å². The van der Waals surface area contributed by atoms with Gasteiger partial charge in [-0.1, -0.05) is 40.3 Å². The average molecular weight is 353 g/mol. The lowest BCUT2D eigenvalue weighted by atomic mass is 10.0. The van der Waals surface area contributed by atoms with Crippen molar-refractivity contribution in [2.45, 2.75) is 19.3 Å². The number of benzene rings is 1. The predicted molar refractivity (Wildman–Crippen MR) is 89.3 cm³/mol. The predicted octanol–water partition coefficient (Wildman–Crippen LogP) is 3.13. The van der Waals surface area contributed by atoms with Gasteiger partial charge in [-0.05, 0) is 30.5 Å². The smallest absolute Gasteiger partial charge is 0.157 e. The van der Waals surface area contributed by atoms with Crippen molar-refractivity contribution in [2.75, 3.05) is 13.1 Å². The Balaban J connectivity index is 2.47. The van der Waals surface area contributed by atoms with Crippen LogP contribution in [0.2, 0.25) is 0 Å². The van der Waals surface area contributed by atoms with Crippen molar-refractivity contribution in [2.24, 2.45) is 5.73 Å². The fraction of sp³-hybridized carbons (Fsp3) is 0.333. The Morgan fingerprint density at radius 3 is 2.85 bits per heavy atom. The van der Waals surface area contributed by atoms with E-state index >= 15 is 0 Å². The van der Waals surface area contributed by atoms with Crippen LogP contribution in [0.1, 0.15) is 24.8 Å². The number of rotatable bonds is 3. The molecule has 0 saturated heterocycles. The number of nitrogens with zero attached hydrogens (tertiary/aromatic N) is 1. The minimum absolute atomic E-state index is 0.143. The summed E-state index contributed by atoms with van der Waals surface area (Å²) in [5.74, 6) is 0.143. The Hall–Kier alpha value is -1.04. The molecule has 5 heteroatoms. The van der Waals surface area contributed by atoms with E-state index in [1.807, 2.05) is 29.2 Å². The molecule has 0 amide bonds. The van der Waals surface area contributed by atoms with E-state index in [0.717, 1.165) is 33.6 Å². The normalized spacial score (nSPS) is 19.3. The number of nitrogens with two attached hydrogens (primary N) is 1. The van der Waals surface area contributed by atoms with Crippen LogP contribution in [0.25, 0.3) is 5.70 Å². The molecule has 20 heavy (non-hydrogen) atoms. The molecule has 0 radical (unpaired) electrons. The summed E-state index contributed by atoms with van der Waals surface area (Å²) in [4.78, 5) is 14.8. The van der Waals surface area contributed by atoms with Crippen LogP contribution in [0.4, 0.5) is 0 Å². The summed E-state index contributed by atoms with van der Waals surface area (Å²) in [7, 11) is 0. The van der Waals surface area contributed by atoms with E-state index in [2.05, 4.69) is 15.9 Å². The van der Waals surface area contributed by atoms with Crippen LogP contribution in [0.5, 0.6) is 0 Å². The van der Waals surface area contributed by atoms with Gasteiger partial charge in [0.05, 0.1) is 10.7 Å². The zero-order valence-electron chi connectivity index (χ0n) is 11.1. The first-order valence-electron chi connectivity index (χ1n) is 6.62. The van der Waals surface area contributed by atoms with E-state index < -0.39 is 0 Å². The molecule has 1 aliphatic rings. The molecule has 0 unspecified atom stereocenters. The molecule has 2 rings (SSSR count). The summed E-state index contributed by atoms with van der Waals surface area (Å²) in [6, 6.07) is 7.89. The molecule has 1 aliphatic heterocycles. The van der Waals surface area contributed by atoms with Gasteiger partial charge in [0, 0.05) is 30.1 Å². The average Bonchev–Trinajstić information content (AvgIpc) is 2.41. The molecule has 0 saturated carbocycles. The van der Waals surface area contributed by atoms with Crippen LogP contribution < -0.4 is 5.73 Å². The van der Waals surface area contributed by atoms with Gasteiger partial charge < -0.3 is 10.6 Å². The number of carbonyl (C=O) groups is 1. The molecule has 0 aromatic heterocycles. The number of thiocarbonyl (C=S) groups is 1. The molecule has 1 aromatic rings. The zero-order chi connectivity index (χ0) is 14.5. The first-order chi connectivity index (χ1) is 9.61. The van der Waals surface area contributed by atoms with Crippen LogP contribution in [0.15, 0.2) is 34.8 Å². The Morgan fingerprint density at radius 2 is 2.15 bits per heavy atom. The van der Waals surface area contributed by atoms with Crippen LogP contribution in [0.3, 0.4) is 0 Å². The minimum Gasteiger partial charge on any atom is -0.334 e. The lowest BCUT2D eigenvalue weighted by Gasteiger charge is -2.29. The summed E-state index contributed by atoms with van der Waals surface area (Å²) in [6.07, 6.45) is 3.81. The summed E-state index contributed by atoms with van der Waals surface area (Å²) < 4.78 is 0.976. The lowest BCUT2D eigenvalue weighted by molar-refractivity contribution is -0.114. The number of carbonyl (C=O) groups excluding carboxylic acids is 1. The van der Waals surface area contributed by atoms with Gasteiger partial charge in [-0.25, -0.2) is 0 Å². The third-order valence-electron chi connectivity index (χ3n) is 3.18. The highest BCUT2D eigenvalue weighted by Crippen LogP contribution is 2.26. The van der Waals surface area contributed by atoms with Crippen molar-refractivity contribution >= 4 is 44.6 Å². The van der Waals surface area contributed by atoms with Gasteiger partial charge >= 0.3 is 0 Å². The van der Waals surface area contributed by atoms with Crippen molar-refractivity contribution in [3.05, 3.63) is 40.4 Å². The summed E-state index contributed by atoms with van der Waals surface area (Å²) in [5.41, 5.74) is 7.52. The van der Waals surface area contributed by atoms with Crippen LogP contribution in [-0.4, -0.2) is 28.8 Å². The number of allylic oxidation sites excluding steroid dienone is 1. The van der Waals surface area contributed by atoms with E-state index in [4.69, 9.17) is 18.0 Å². The second-order valence-corrected chi connectivity index (χ2v) is 6.08. The van der Waals surface area contributed by atoms with E-state index in [-0.39, 0.29) is 5.78 Å². The largest absolute Gasteiger partial charge is 0.334 e. The first kappa shape index (κ1) is 15.4. The highest BCUT2D eigenvalue weighted by Gasteiger charge is 2.19. The first-order valence-corrected chi connectivity index (χ1v) is 7.83. The van der Waals surface area contributed by atoms with Crippen LogP contribution >= 0.6 is 28.1 Å². The second-order valence-electron chi connectivity index (χ2n) is 4.69. The van der Waals surface area contributed by atoms with Crippen molar-refractivity contribution in [3.63, 3.8) is 0 Å². The van der Waals surface area contributed by atoms with Crippen molar-refractivity contribution in [3.8, 4) is 0 Å². The monoisotopic (exact) mass is 352 g/mol. The number of hydrogen-bond donors (Lipinski definition) is 1. The van der Waals surface area contributed by atoms with E-state index in [0.29, 0.717) is 19.5 Å². The Kier molecular flexibility index (Phi) is 5.46. The second kappa shape index (κ2) is 7.11. The quantitative estimate of drug-likeness (QED) is 0.849. The van der Waals surface area contributed by atoms with Gasteiger partial charge in [-0.3, -0.25) is 4.79 Å². The van der Waals surface area contributed by atoms with Gasteiger partial charge in [0.15, 0.2) is 5.78 Å². The van der Waals surface area contributed by atoms with Gasteiger partial charge in [0.1, 0.15) is 0 Å². The van der Waals surface area contributed by atoms with Gasteiger partial charge in [0.25, 0.3) is 0 Å². The number of halogens is 1. The van der Waals surface area contributed by atoms with Gasteiger partial charge in [-0.15, -0.1) is 0 Å². The molecular formula is C15H17BrN2OS. The number of hydrogen-bond acceptors (Lipinski definition) is 3. The van der Waals surface area contributed by atoms with Crippen LogP contribution in [0, 0.1) is 0 Å². The Bertz CT molecular complexity index is 557. The van der Waals surface area contributed by atoms with E-state index in [9.17, 15) is 4.79 Å². The highest BCUT2D eigenvalue weighted by molar-refractivity contribution is 9.10. The fourth-order valence-electron chi connectivity index (χ4n) is 2.25. The van der Waals surface area contributed by atoms with E-state index in [1.54, 1.807) is 6.08 Å². The van der Waals surface area contributed by atoms with Gasteiger partial charge in [-0.2, -0.15) is 0 Å². The molecule has 0 spiro atoms. The molecule has 1 aromatic carbocycles. The molecule has 2 N–H and O–H groups in total. The molecule has 0 fully saturated rings. The standard InChI is InChI=1S/C15H17BrN2OS/c16-12-4-1-3-11(9-12)14-10-13(19)5-2-6-15(20)18(14)8-7-17/h1,3-4,9-10H,2,5-8,17H2/b14-10-. The maximum absolute atomic E-state index is 12.0. The molecule has 0 atom stereocenters. The number of ketones is 1. The zero-order valence-corrected chi connectivity index (χ0v) is 13.5. The Labute approximate surface area is 133 Å². The maximum atomic E-state index is 12.0. The third-order valence-corrected chi connectivity index (χ3v) is 4.09. The summed E-state index contributed by atoms with van der Waals surface area (Å²) in [5, 5.41) is 0. The highest BCUT2D eigenvalue weighted by atomic mass is 79.9. The molecule has 3 nitrogen and oxygen atoms in total. The topological polar surface area (TPSA) is 46.3 Å². The molecule has 106 valence electrons. The van der Waals surface area contributed by atoms with Crippen molar-refractivity contribution < 1.29 is 4.79 Å². The molecule has 0 aliphatic carbocycles. The SMILES string of the molecule is NCCN1C(=S)CCCC(=O)/C=C\1c1cccc(Br)c1. The molecular weight excluding hydrogens is 336 g/mol. The lowest BCUT2D eigenvalue weighted by Crippen LogP contribution is -2.34. The maximum Gasteiger partial charge on any atom is 0.157 e. The molecule has 1 heterocycles. The Morgan fingerprint density at radius 1 is 1.35 bits per heavy atom. The van der Waals surface area contributed by atoms with Crippen LogP contribution in [-0.2, 0) is 4.79 Å². The van der Waals surface area contributed by atoms with E-state index in [1.165, 1.54) is 0 Å².